The monoisotopic (exact) mass is 314 g/mol. The SMILES string of the molecule is Cl.Cn1cc(NC(=O)C2CCCCC2(C)N)cc1C(N)=O. The van der Waals surface area contributed by atoms with E-state index in [-0.39, 0.29) is 24.2 Å². The molecule has 1 saturated carbocycles. The maximum Gasteiger partial charge on any atom is 0.265 e. The maximum absolute atomic E-state index is 12.4. The largest absolute Gasteiger partial charge is 0.364 e. The van der Waals surface area contributed by atoms with Gasteiger partial charge in [-0.15, -0.1) is 12.4 Å². The van der Waals surface area contributed by atoms with Gasteiger partial charge in [0.05, 0.1) is 11.6 Å². The van der Waals surface area contributed by atoms with Crippen molar-refractivity contribution in [2.24, 2.45) is 24.4 Å². The van der Waals surface area contributed by atoms with Crippen molar-refractivity contribution in [1.29, 1.82) is 0 Å². The molecule has 6 nitrogen and oxygen atoms in total. The van der Waals surface area contributed by atoms with E-state index in [0.717, 1.165) is 25.7 Å². The zero-order valence-corrected chi connectivity index (χ0v) is 13.2. The van der Waals surface area contributed by atoms with Crippen LogP contribution < -0.4 is 16.8 Å². The van der Waals surface area contributed by atoms with Gasteiger partial charge in [-0.2, -0.15) is 0 Å². The number of rotatable bonds is 3. The predicted molar refractivity (Wildman–Crippen MR) is 84.4 cm³/mol. The Bertz CT molecular complexity index is 539. The van der Waals surface area contributed by atoms with Crippen LogP contribution in [0.25, 0.3) is 0 Å². The maximum atomic E-state index is 12.4. The molecule has 1 aromatic heterocycles. The average molecular weight is 315 g/mol. The summed E-state index contributed by atoms with van der Waals surface area (Å²) in [7, 11) is 1.71. The second-order valence-electron chi connectivity index (χ2n) is 5.88. The van der Waals surface area contributed by atoms with E-state index in [9.17, 15) is 9.59 Å². The molecule has 7 heteroatoms. The third-order valence-electron chi connectivity index (χ3n) is 4.10. The molecule has 0 aliphatic heterocycles. The first-order valence-corrected chi connectivity index (χ1v) is 6.87. The summed E-state index contributed by atoms with van der Waals surface area (Å²) in [6.45, 7) is 1.93. The summed E-state index contributed by atoms with van der Waals surface area (Å²) in [6.07, 6.45) is 5.41. The molecule has 1 aliphatic rings. The number of hydrogen-bond acceptors (Lipinski definition) is 3. The number of nitrogens with one attached hydrogen (secondary N) is 1. The molecule has 2 amide bonds. The van der Waals surface area contributed by atoms with Crippen molar-refractivity contribution in [3.63, 3.8) is 0 Å². The van der Waals surface area contributed by atoms with E-state index in [1.165, 1.54) is 0 Å². The Balaban J connectivity index is 0.00000220. The predicted octanol–water partition coefficient (Wildman–Crippen LogP) is 1.39. The van der Waals surface area contributed by atoms with E-state index >= 15 is 0 Å². The first kappa shape index (κ1) is 17.5. The molecular weight excluding hydrogens is 292 g/mol. The number of carbonyl (C=O) groups excluding carboxylic acids is 2. The number of amides is 2. The van der Waals surface area contributed by atoms with Gasteiger partial charge in [0.15, 0.2) is 0 Å². The minimum absolute atomic E-state index is 0. The molecule has 0 radical (unpaired) electrons. The normalized spacial score (nSPS) is 25.0. The van der Waals surface area contributed by atoms with Crippen molar-refractivity contribution in [3.05, 3.63) is 18.0 Å². The van der Waals surface area contributed by atoms with Gasteiger partial charge in [0.1, 0.15) is 5.69 Å². The van der Waals surface area contributed by atoms with Gasteiger partial charge in [-0.1, -0.05) is 12.8 Å². The van der Waals surface area contributed by atoms with Crippen LogP contribution in [0.3, 0.4) is 0 Å². The number of hydrogen-bond donors (Lipinski definition) is 3. The Morgan fingerprint density at radius 2 is 2.10 bits per heavy atom. The van der Waals surface area contributed by atoms with Gasteiger partial charge < -0.3 is 21.4 Å². The third-order valence-corrected chi connectivity index (χ3v) is 4.10. The van der Waals surface area contributed by atoms with E-state index in [1.807, 2.05) is 6.92 Å². The highest BCUT2D eigenvalue weighted by atomic mass is 35.5. The van der Waals surface area contributed by atoms with Crippen LogP contribution in [0.1, 0.15) is 43.1 Å². The summed E-state index contributed by atoms with van der Waals surface area (Å²) < 4.78 is 1.60. The zero-order valence-electron chi connectivity index (χ0n) is 12.4. The van der Waals surface area contributed by atoms with Crippen molar-refractivity contribution in [3.8, 4) is 0 Å². The van der Waals surface area contributed by atoms with Crippen molar-refractivity contribution < 1.29 is 9.59 Å². The van der Waals surface area contributed by atoms with E-state index in [1.54, 1.807) is 23.9 Å². The number of carbonyl (C=O) groups is 2. The fraction of sp³-hybridized carbons (Fsp3) is 0.571. The quantitative estimate of drug-likeness (QED) is 0.785. The molecule has 0 bridgehead atoms. The lowest BCUT2D eigenvalue weighted by atomic mass is 9.74. The Hall–Kier alpha value is -1.53. The molecule has 1 aliphatic carbocycles. The molecule has 2 atom stereocenters. The van der Waals surface area contributed by atoms with Gasteiger partial charge >= 0.3 is 0 Å². The van der Waals surface area contributed by atoms with Gasteiger partial charge in [0, 0.05) is 18.8 Å². The van der Waals surface area contributed by atoms with Crippen molar-refractivity contribution >= 4 is 29.9 Å². The second-order valence-corrected chi connectivity index (χ2v) is 5.88. The van der Waals surface area contributed by atoms with E-state index in [2.05, 4.69) is 5.32 Å². The lowest BCUT2D eigenvalue weighted by Gasteiger charge is -2.37. The van der Waals surface area contributed by atoms with Crippen molar-refractivity contribution in [2.75, 3.05) is 5.32 Å². The molecule has 2 unspecified atom stereocenters. The van der Waals surface area contributed by atoms with E-state index in [4.69, 9.17) is 11.5 Å². The van der Waals surface area contributed by atoms with Gasteiger partial charge in [-0.05, 0) is 25.8 Å². The van der Waals surface area contributed by atoms with Crippen LogP contribution >= 0.6 is 12.4 Å². The number of primary amides is 1. The lowest BCUT2D eigenvalue weighted by Crippen LogP contribution is -2.51. The van der Waals surface area contributed by atoms with E-state index < -0.39 is 11.4 Å². The topological polar surface area (TPSA) is 103 Å². The number of anilines is 1. The number of halogens is 1. The Morgan fingerprint density at radius 3 is 2.62 bits per heavy atom. The summed E-state index contributed by atoms with van der Waals surface area (Å²) in [5, 5.41) is 2.84. The van der Waals surface area contributed by atoms with Crippen LogP contribution in [0, 0.1) is 5.92 Å². The first-order valence-electron chi connectivity index (χ1n) is 6.87. The lowest BCUT2D eigenvalue weighted by molar-refractivity contribution is -0.122. The highest BCUT2D eigenvalue weighted by Crippen LogP contribution is 2.32. The Kier molecular flexibility index (Phi) is 5.42. The average Bonchev–Trinajstić information content (AvgIpc) is 2.69. The summed E-state index contributed by atoms with van der Waals surface area (Å²) in [5.41, 5.74) is 11.9. The van der Waals surface area contributed by atoms with Gasteiger partial charge in [-0.3, -0.25) is 9.59 Å². The van der Waals surface area contributed by atoms with E-state index in [0.29, 0.717) is 11.4 Å². The zero-order chi connectivity index (χ0) is 14.9. The molecule has 0 aromatic carbocycles. The number of aromatic nitrogens is 1. The fourth-order valence-corrected chi connectivity index (χ4v) is 2.90. The standard InChI is InChI=1S/C14H22N4O2.ClH/c1-14(16)6-4-3-5-10(14)13(20)17-9-7-11(12(15)19)18(2)8-9;/h7-8,10H,3-6,16H2,1-2H3,(H2,15,19)(H,17,20);1H. The Labute approximate surface area is 130 Å². The molecule has 1 heterocycles. The van der Waals surface area contributed by atoms with Crippen molar-refractivity contribution in [2.45, 2.75) is 38.1 Å². The molecule has 1 fully saturated rings. The van der Waals surface area contributed by atoms with Crippen LogP contribution in [-0.2, 0) is 11.8 Å². The van der Waals surface area contributed by atoms with Crippen LogP contribution in [0.5, 0.6) is 0 Å². The second kappa shape index (κ2) is 6.49. The summed E-state index contributed by atoms with van der Waals surface area (Å²) in [4.78, 5) is 23.6. The molecular formula is C14H23ClN4O2. The van der Waals surface area contributed by atoms with Gasteiger partial charge in [-0.25, -0.2) is 0 Å². The summed E-state index contributed by atoms with van der Waals surface area (Å²) in [5.74, 6) is -0.806. The molecule has 2 rings (SSSR count). The first-order chi connectivity index (χ1) is 9.31. The highest BCUT2D eigenvalue weighted by Gasteiger charge is 2.37. The molecule has 0 spiro atoms. The Morgan fingerprint density at radius 1 is 1.43 bits per heavy atom. The van der Waals surface area contributed by atoms with Crippen LogP contribution in [0.4, 0.5) is 5.69 Å². The number of nitrogens with zero attached hydrogens (tertiary/aromatic N) is 1. The smallest absolute Gasteiger partial charge is 0.265 e. The van der Waals surface area contributed by atoms with Crippen LogP contribution in [0.2, 0.25) is 0 Å². The highest BCUT2D eigenvalue weighted by molar-refractivity contribution is 5.97. The fourth-order valence-electron chi connectivity index (χ4n) is 2.90. The minimum atomic E-state index is -0.519. The van der Waals surface area contributed by atoms with Gasteiger partial charge in [0.25, 0.3) is 5.91 Å². The summed E-state index contributed by atoms with van der Waals surface area (Å²) in [6, 6.07) is 1.58. The van der Waals surface area contributed by atoms with Gasteiger partial charge in [0.2, 0.25) is 5.91 Å². The van der Waals surface area contributed by atoms with Crippen LogP contribution in [-0.4, -0.2) is 21.9 Å². The minimum Gasteiger partial charge on any atom is -0.364 e. The molecule has 1 aromatic rings. The van der Waals surface area contributed by atoms with Crippen molar-refractivity contribution in [1.82, 2.24) is 4.57 Å². The summed E-state index contributed by atoms with van der Waals surface area (Å²) >= 11 is 0. The molecule has 118 valence electrons. The number of aryl methyl sites for hydroxylation is 1. The molecule has 0 saturated heterocycles. The molecule has 5 N–H and O–H groups in total. The number of nitrogens with two attached hydrogens (primary N) is 2. The molecule has 21 heavy (non-hydrogen) atoms. The van der Waals surface area contributed by atoms with Crippen LogP contribution in [0.15, 0.2) is 12.3 Å². The third kappa shape index (κ3) is 3.77.